The van der Waals surface area contributed by atoms with E-state index >= 15 is 0 Å². The zero-order chi connectivity index (χ0) is 11.7. The minimum atomic E-state index is -1.87. The number of nitrogens with zero attached hydrogens (tertiary/aromatic N) is 3. The van der Waals surface area contributed by atoms with Crippen LogP contribution in [-0.2, 0) is 4.79 Å². The molecule has 0 aromatic heterocycles. The van der Waals surface area contributed by atoms with Gasteiger partial charge in [-0.05, 0) is 17.4 Å². The van der Waals surface area contributed by atoms with Gasteiger partial charge in [0.1, 0.15) is 0 Å². The minimum Gasteiger partial charge on any atom is -0.479 e. The number of aliphatic carboxylic acids is 1. The number of rotatable bonds is 2. The number of para-hydroxylation sites is 1. The molecule has 1 unspecified atom stereocenters. The molecule has 1 heterocycles. The Bertz CT molecular complexity index is 438. The van der Waals surface area contributed by atoms with E-state index in [1.807, 2.05) is 0 Å². The molecule has 2 rings (SSSR count). The van der Waals surface area contributed by atoms with Crippen LogP contribution in [0, 0.1) is 0 Å². The lowest BCUT2D eigenvalue weighted by molar-refractivity contribution is -0.149. The number of benzene rings is 1. The first-order valence-corrected chi connectivity index (χ1v) is 4.37. The Labute approximate surface area is 89.1 Å². The van der Waals surface area contributed by atoms with Crippen LogP contribution in [0.1, 0.15) is 0 Å². The van der Waals surface area contributed by atoms with E-state index in [0.29, 0.717) is 5.01 Å². The molecule has 84 valence electrons. The molecule has 1 aromatic rings. The lowest BCUT2D eigenvalue weighted by Crippen LogP contribution is -2.41. The van der Waals surface area contributed by atoms with Crippen LogP contribution >= 0.6 is 0 Å². The number of hydrogen-bond donors (Lipinski definition) is 1. The third-order valence-corrected chi connectivity index (χ3v) is 2.02. The molecule has 0 fully saturated rings. The summed E-state index contributed by atoms with van der Waals surface area (Å²) in [5.41, 5.74) is 0.162. The van der Waals surface area contributed by atoms with Crippen LogP contribution < -0.4 is 5.01 Å². The Hall–Kier alpha value is -2.02. The van der Waals surface area contributed by atoms with Crippen molar-refractivity contribution in [1.29, 1.82) is 0 Å². The van der Waals surface area contributed by atoms with Crippen molar-refractivity contribution < 1.29 is 18.8 Å². The molecule has 0 bridgehead atoms. The van der Waals surface area contributed by atoms with Gasteiger partial charge >= 0.3 is 12.1 Å². The highest BCUT2D eigenvalue weighted by Gasteiger charge is 2.40. The van der Waals surface area contributed by atoms with Crippen molar-refractivity contribution in [2.45, 2.75) is 6.17 Å². The van der Waals surface area contributed by atoms with Crippen LogP contribution in [0.3, 0.4) is 0 Å². The van der Waals surface area contributed by atoms with Crippen LogP contribution in [0.2, 0.25) is 0 Å². The maximum atomic E-state index is 13.5. The van der Waals surface area contributed by atoms with Gasteiger partial charge in [0.15, 0.2) is 0 Å². The maximum Gasteiger partial charge on any atom is 0.348 e. The summed E-state index contributed by atoms with van der Waals surface area (Å²) in [6.45, 7) is 0. The van der Waals surface area contributed by atoms with Crippen LogP contribution in [0.25, 0.3) is 0 Å². The van der Waals surface area contributed by atoms with E-state index in [1.165, 1.54) is 12.1 Å². The van der Waals surface area contributed by atoms with E-state index < -0.39 is 18.2 Å². The molecule has 1 aliphatic rings. The minimum absolute atomic E-state index is 0.162. The molecular weight excluding hydrogens is 220 g/mol. The number of hydrazine groups is 1. The first-order chi connectivity index (χ1) is 7.61. The number of hydrogen-bond acceptors (Lipinski definition) is 4. The fraction of sp³-hybridized carbons (Fsp3) is 0.111. The molecule has 0 saturated carbocycles. The average molecular weight is 227 g/mol. The van der Waals surface area contributed by atoms with Crippen molar-refractivity contribution in [2.75, 3.05) is 5.01 Å². The smallest absolute Gasteiger partial charge is 0.348 e. The summed E-state index contributed by atoms with van der Waals surface area (Å²) in [7, 11) is 0. The van der Waals surface area contributed by atoms with Crippen LogP contribution in [0.4, 0.5) is 14.6 Å². The number of halogens is 2. The highest BCUT2D eigenvalue weighted by Crippen LogP contribution is 2.25. The maximum absolute atomic E-state index is 13.5. The van der Waals surface area contributed by atoms with Crippen molar-refractivity contribution in [1.82, 2.24) is 5.23 Å². The molecule has 0 saturated heterocycles. The summed E-state index contributed by atoms with van der Waals surface area (Å²) in [6.07, 6.45) is -3.07. The summed E-state index contributed by atoms with van der Waals surface area (Å²) < 4.78 is 26.7. The average Bonchev–Trinajstić information content (AvgIpc) is 2.56. The number of carboxylic acids is 1. The van der Waals surface area contributed by atoms with E-state index in [1.54, 1.807) is 18.2 Å². The number of amidine groups is 1. The van der Waals surface area contributed by atoms with Crippen LogP contribution in [0.5, 0.6) is 0 Å². The first kappa shape index (κ1) is 10.5. The second kappa shape index (κ2) is 3.86. The zero-order valence-electron chi connectivity index (χ0n) is 7.92. The summed E-state index contributed by atoms with van der Waals surface area (Å²) >= 11 is 0. The van der Waals surface area contributed by atoms with Gasteiger partial charge in [0.2, 0.25) is 0 Å². The summed E-state index contributed by atoms with van der Waals surface area (Å²) in [5.74, 6) is -1.56. The topological polar surface area (TPSA) is 56.1 Å². The highest BCUT2D eigenvalue weighted by atomic mass is 19.2. The number of aliphatic imine (C=N–C) groups is 1. The molecule has 5 nitrogen and oxygen atoms in total. The van der Waals surface area contributed by atoms with Crippen molar-refractivity contribution in [2.24, 2.45) is 4.99 Å². The van der Waals surface area contributed by atoms with E-state index in [-0.39, 0.29) is 10.9 Å². The SMILES string of the molecule is O=C(O)C1N=C(F)N(c2ccccc2)N1F. The van der Waals surface area contributed by atoms with Crippen molar-refractivity contribution in [3.05, 3.63) is 30.3 Å². The summed E-state index contributed by atoms with van der Waals surface area (Å²) in [6, 6.07) is 7.69. The van der Waals surface area contributed by atoms with Crippen LogP contribution in [0.15, 0.2) is 35.3 Å². The number of carboxylic acid groups (broad SMARTS) is 1. The molecule has 7 heteroatoms. The largest absolute Gasteiger partial charge is 0.479 e. The van der Waals surface area contributed by atoms with Gasteiger partial charge in [0.25, 0.3) is 6.17 Å². The van der Waals surface area contributed by atoms with Gasteiger partial charge in [0.05, 0.1) is 5.69 Å². The van der Waals surface area contributed by atoms with Crippen LogP contribution in [-0.4, -0.2) is 28.6 Å². The van der Waals surface area contributed by atoms with E-state index in [4.69, 9.17) is 5.11 Å². The van der Waals surface area contributed by atoms with Gasteiger partial charge in [-0.15, -0.1) is 4.48 Å². The lowest BCUT2D eigenvalue weighted by Gasteiger charge is -2.21. The number of carbonyl (C=O) groups is 1. The molecule has 16 heavy (non-hydrogen) atoms. The molecule has 1 N–H and O–H groups in total. The van der Waals surface area contributed by atoms with E-state index in [0.717, 1.165) is 0 Å². The molecule has 0 amide bonds. The predicted octanol–water partition coefficient (Wildman–Crippen LogP) is 1.34. The Morgan fingerprint density at radius 1 is 1.38 bits per heavy atom. The van der Waals surface area contributed by atoms with Crippen molar-refractivity contribution in [3.63, 3.8) is 0 Å². The Balaban J connectivity index is 2.32. The van der Waals surface area contributed by atoms with Gasteiger partial charge in [0, 0.05) is 0 Å². The second-order valence-corrected chi connectivity index (χ2v) is 3.05. The van der Waals surface area contributed by atoms with E-state index in [9.17, 15) is 13.7 Å². The van der Waals surface area contributed by atoms with E-state index in [2.05, 4.69) is 4.99 Å². The van der Waals surface area contributed by atoms with Gasteiger partial charge in [-0.1, -0.05) is 18.2 Å². The Morgan fingerprint density at radius 2 is 2.00 bits per heavy atom. The first-order valence-electron chi connectivity index (χ1n) is 4.37. The zero-order valence-corrected chi connectivity index (χ0v) is 7.92. The Kier molecular flexibility index (Phi) is 2.53. The standard InChI is InChI=1S/C9H7F2N3O2/c10-9-12-7(8(15)16)14(11)13(9)6-4-2-1-3-5-6/h1-5,7H,(H,15,16). The highest BCUT2D eigenvalue weighted by molar-refractivity contribution is 5.94. The molecule has 0 spiro atoms. The lowest BCUT2D eigenvalue weighted by atomic mass is 10.3. The van der Waals surface area contributed by atoms with Crippen molar-refractivity contribution >= 4 is 17.7 Å². The monoisotopic (exact) mass is 227 g/mol. The summed E-state index contributed by atoms with van der Waals surface area (Å²) in [4.78, 5) is 13.6. The number of anilines is 1. The second-order valence-electron chi connectivity index (χ2n) is 3.05. The Morgan fingerprint density at radius 3 is 2.50 bits per heavy atom. The predicted molar refractivity (Wildman–Crippen MR) is 51.8 cm³/mol. The van der Waals surface area contributed by atoms with Gasteiger partial charge < -0.3 is 5.11 Å². The van der Waals surface area contributed by atoms with Gasteiger partial charge in [-0.25, -0.2) is 14.8 Å². The summed E-state index contributed by atoms with van der Waals surface area (Å²) in [5, 5.41) is 8.77. The molecular formula is C9H7F2N3O2. The molecule has 1 aliphatic heterocycles. The van der Waals surface area contributed by atoms with Gasteiger partial charge in [-0.3, -0.25) is 0 Å². The van der Waals surface area contributed by atoms with Gasteiger partial charge in [-0.2, -0.15) is 4.39 Å². The normalized spacial score (nSPS) is 21.0. The fourth-order valence-corrected chi connectivity index (χ4v) is 1.32. The third-order valence-electron chi connectivity index (χ3n) is 2.02. The van der Waals surface area contributed by atoms with Crippen molar-refractivity contribution in [3.8, 4) is 0 Å². The molecule has 1 atom stereocenters. The molecule has 0 aliphatic carbocycles. The molecule has 0 radical (unpaired) electrons. The third kappa shape index (κ3) is 1.61. The quantitative estimate of drug-likeness (QED) is 0.612. The fourth-order valence-electron chi connectivity index (χ4n) is 1.32. The molecule has 1 aromatic carbocycles.